The molecule has 1 aromatic heterocycles. The summed E-state index contributed by atoms with van der Waals surface area (Å²) in [6, 6.07) is 6.96. The van der Waals surface area contributed by atoms with Gasteiger partial charge in [-0.1, -0.05) is 13.0 Å². The topological polar surface area (TPSA) is 67.8 Å². The highest BCUT2D eigenvalue weighted by atomic mass is 19.1. The van der Waals surface area contributed by atoms with E-state index in [0.29, 0.717) is 31.5 Å². The molecule has 27 heavy (non-hydrogen) atoms. The molecule has 0 spiro atoms. The Kier molecular flexibility index (Phi) is 8.28. The van der Waals surface area contributed by atoms with Gasteiger partial charge >= 0.3 is 0 Å². The minimum absolute atomic E-state index is 0.0117. The minimum atomic E-state index is -0.726. The van der Waals surface area contributed by atoms with E-state index in [9.17, 15) is 8.78 Å². The van der Waals surface area contributed by atoms with Crippen molar-refractivity contribution in [2.24, 2.45) is 4.99 Å². The van der Waals surface area contributed by atoms with Crippen molar-refractivity contribution >= 4 is 5.96 Å². The second-order valence-electron chi connectivity index (χ2n) is 5.63. The Labute approximate surface area is 157 Å². The van der Waals surface area contributed by atoms with E-state index in [1.54, 1.807) is 13.2 Å². The maximum atomic E-state index is 13.5. The third-order valence-corrected chi connectivity index (χ3v) is 3.48. The average molecular weight is 378 g/mol. The Morgan fingerprint density at radius 2 is 1.96 bits per heavy atom. The van der Waals surface area contributed by atoms with Crippen molar-refractivity contribution in [2.75, 3.05) is 26.8 Å². The van der Waals surface area contributed by atoms with Crippen LogP contribution in [0.2, 0.25) is 0 Å². The van der Waals surface area contributed by atoms with E-state index in [1.165, 1.54) is 6.07 Å². The van der Waals surface area contributed by atoms with E-state index in [-0.39, 0.29) is 12.4 Å². The van der Waals surface area contributed by atoms with Crippen molar-refractivity contribution < 1.29 is 18.3 Å². The van der Waals surface area contributed by atoms with Crippen molar-refractivity contribution in [1.82, 2.24) is 15.6 Å². The van der Waals surface area contributed by atoms with Crippen LogP contribution in [0.3, 0.4) is 0 Å². The van der Waals surface area contributed by atoms with Crippen molar-refractivity contribution in [3.63, 3.8) is 0 Å². The molecule has 0 bridgehead atoms. The van der Waals surface area contributed by atoms with Crippen LogP contribution in [0.25, 0.3) is 0 Å². The second-order valence-corrected chi connectivity index (χ2v) is 5.63. The van der Waals surface area contributed by atoms with E-state index >= 15 is 0 Å². The van der Waals surface area contributed by atoms with E-state index < -0.39 is 11.6 Å². The van der Waals surface area contributed by atoms with Crippen LogP contribution in [-0.2, 0) is 6.54 Å². The van der Waals surface area contributed by atoms with Gasteiger partial charge in [0.1, 0.15) is 12.4 Å². The highest BCUT2D eigenvalue weighted by molar-refractivity contribution is 5.79. The molecule has 2 N–H and O–H groups in total. The molecule has 0 amide bonds. The molecule has 0 aliphatic rings. The Hall–Kier alpha value is -2.90. The van der Waals surface area contributed by atoms with Crippen LogP contribution in [0, 0.1) is 11.6 Å². The van der Waals surface area contributed by atoms with Gasteiger partial charge < -0.3 is 20.1 Å². The van der Waals surface area contributed by atoms with Crippen LogP contribution in [0.15, 0.2) is 41.5 Å². The highest BCUT2D eigenvalue weighted by Crippen LogP contribution is 2.17. The van der Waals surface area contributed by atoms with Crippen molar-refractivity contribution in [1.29, 1.82) is 0 Å². The monoisotopic (exact) mass is 378 g/mol. The van der Waals surface area contributed by atoms with Crippen LogP contribution in [0.1, 0.15) is 18.9 Å². The number of benzene rings is 1. The number of pyridine rings is 1. The Bertz CT molecular complexity index is 739. The zero-order chi connectivity index (χ0) is 19.5. The quantitative estimate of drug-likeness (QED) is 0.399. The fourth-order valence-corrected chi connectivity index (χ4v) is 2.14. The fraction of sp³-hybridized carbons (Fsp3) is 0.368. The molecule has 146 valence electrons. The van der Waals surface area contributed by atoms with Crippen LogP contribution in [0.5, 0.6) is 11.6 Å². The number of guanidine groups is 1. The summed E-state index contributed by atoms with van der Waals surface area (Å²) in [4.78, 5) is 8.34. The van der Waals surface area contributed by atoms with Gasteiger partial charge in [0.2, 0.25) is 5.88 Å². The molecule has 6 nitrogen and oxygen atoms in total. The molecule has 0 saturated carbocycles. The first kappa shape index (κ1) is 20.4. The van der Waals surface area contributed by atoms with Gasteiger partial charge in [0, 0.05) is 31.9 Å². The molecule has 0 radical (unpaired) electrons. The number of halogens is 2. The van der Waals surface area contributed by atoms with E-state index in [0.717, 1.165) is 24.1 Å². The SMILES string of the molecule is CCCOc1ccc(CNC(=NC)NCCOc2ccc(F)cc2F)cn1. The Morgan fingerprint density at radius 3 is 2.63 bits per heavy atom. The minimum Gasteiger partial charge on any atom is -0.489 e. The number of ether oxygens (including phenoxy) is 2. The lowest BCUT2D eigenvalue weighted by atomic mass is 10.3. The summed E-state index contributed by atoms with van der Waals surface area (Å²) in [5, 5.41) is 6.20. The third-order valence-electron chi connectivity index (χ3n) is 3.48. The molecule has 1 heterocycles. The van der Waals surface area contributed by atoms with Crippen LogP contribution in [-0.4, -0.2) is 37.7 Å². The summed E-state index contributed by atoms with van der Waals surface area (Å²) in [5.41, 5.74) is 0.978. The summed E-state index contributed by atoms with van der Waals surface area (Å²) < 4.78 is 37.0. The van der Waals surface area contributed by atoms with Gasteiger partial charge in [-0.05, 0) is 24.1 Å². The maximum absolute atomic E-state index is 13.5. The zero-order valence-electron chi connectivity index (χ0n) is 15.5. The molecule has 0 atom stereocenters. The largest absolute Gasteiger partial charge is 0.489 e. The lowest BCUT2D eigenvalue weighted by Gasteiger charge is -2.13. The average Bonchev–Trinajstić information content (AvgIpc) is 2.68. The molecule has 0 unspecified atom stereocenters. The summed E-state index contributed by atoms with van der Waals surface area (Å²) >= 11 is 0. The van der Waals surface area contributed by atoms with Gasteiger partial charge in [-0.25, -0.2) is 13.8 Å². The number of hydrogen-bond acceptors (Lipinski definition) is 4. The van der Waals surface area contributed by atoms with E-state index in [1.807, 2.05) is 19.1 Å². The number of aromatic nitrogens is 1. The standard InChI is InChI=1S/C19H24F2N4O2/c1-3-9-27-18-7-4-14(12-24-18)13-25-19(22-2)23-8-10-26-17-6-5-15(20)11-16(17)21/h4-7,11-12H,3,8-10,13H2,1-2H3,(H2,22,23,25). The van der Waals surface area contributed by atoms with E-state index in [2.05, 4.69) is 20.6 Å². The third kappa shape index (κ3) is 7.08. The van der Waals surface area contributed by atoms with Gasteiger partial charge in [0.25, 0.3) is 0 Å². The first-order valence-corrected chi connectivity index (χ1v) is 8.72. The number of nitrogens with one attached hydrogen (secondary N) is 2. The van der Waals surface area contributed by atoms with Gasteiger partial charge in [-0.15, -0.1) is 0 Å². The van der Waals surface area contributed by atoms with Gasteiger partial charge in [0.05, 0.1) is 13.2 Å². The smallest absolute Gasteiger partial charge is 0.213 e. The molecular weight excluding hydrogens is 354 g/mol. The fourth-order valence-electron chi connectivity index (χ4n) is 2.14. The molecule has 0 saturated heterocycles. The molecule has 0 aliphatic heterocycles. The summed E-state index contributed by atoms with van der Waals surface area (Å²) in [5.74, 6) is -0.172. The molecule has 8 heteroatoms. The molecule has 1 aromatic carbocycles. The van der Waals surface area contributed by atoms with Gasteiger partial charge in [-0.2, -0.15) is 0 Å². The normalized spacial score (nSPS) is 11.2. The van der Waals surface area contributed by atoms with Crippen molar-refractivity contribution in [2.45, 2.75) is 19.9 Å². The van der Waals surface area contributed by atoms with Crippen molar-refractivity contribution in [3.8, 4) is 11.6 Å². The van der Waals surface area contributed by atoms with Crippen LogP contribution < -0.4 is 20.1 Å². The first-order valence-electron chi connectivity index (χ1n) is 8.72. The summed E-state index contributed by atoms with van der Waals surface area (Å²) in [7, 11) is 1.65. The van der Waals surface area contributed by atoms with Gasteiger partial charge in [0.15, 0.2) is 17.5 Å². The summed E-state index contributed by atoms with van der Waals surface area (Å²) in [6.07, 6.45) is 2.68. The second kappa shape index (κ2) is 10.9. The number of nitrogens with zero attached hydrogens (tertiary/aromatic N) is 2. The summed E-state index contributed by atoms with van der Waals surface area (Å²) in [6.45, 7) is 3.82. The predicted molar refractivity (Wildman–Crippen MR) is 100 cm³/mol. The van der Waals surface area contributed by atoms with Crippen LogP contribution >= 0.6 is 0 Å². The molecule has 2 rings (SSSR count). The number of hydrogen-bond donors (Lipinski definition) is 2. The lowest BCUT2D eigenvalue weighted by molar-refractivity contribution is 0.304. The number of aliphatic imine (C=N–C) groups is 1. The maximum Gasteiger partial charge on any atom is 0.213 e. The van der Waals surface area contributed by atoms with E-state index in [4.69, 9.17) is 9.47 Å². The van der Waals surface area contributed by atoms with Crippen LogP contribution in [0.4, 0.5) is 8.78 Å². The molecule has 0 aliphatic carbocycles. The van der Waals surface area contributed by atoms with Crippen molar-refractivity contribution in [3.05, 3.63) is 53.7 Å². The highest BCUT2D eigenvalue weighted by Gasteiger charge is 2.05. The predicted octanol–water partition coefficient (Wildman–Crippen LogP) is 2.89. The molecule has 2 aromatic rings. The Balaban J connectivity index is 1.71. The Morgan fingerprint density at radius 1 is 1.11 bits per heavy atom. The zero-order valence-corrected chi connectivity index (χ0v) is 15.5. The van der Waals surface area contributed by atoms with Gasteiger partial charge in [-0.3, -0.25) is 4.99 Å². The molecular formula is C19H24F2N4O2. The number of rotatable bonds is 9. The first-order chi connectivity index (χ1) is 13.1. The lowest BCUT2D eigenvalue weighted by Crippen LogP contribution is -2.38. The molecule has 0 fully saturated rings.